The third-order valence-corrected chi connectivity index (χ3v) is 4.20. The standard InChI is InChI=1S/C18H24F3N3O4/c1-17(2,3)28-16(27)23-11-4-5-24(9-11)8-10-6-14(22)12(15(25)26)7-13(10)18(19,20)21/h6-7,11H,4-5,8-9,22H2,1-3H3,(H,23,27)(H,25,26)/t11-/m1/s1. The second kappa shape index (κ2) is 7.86. The number of halogens is 3. The number of carbonyl (C=O) groups excluding carboxylic acids is 1. The van der Waals surface area contributed by atoms with Gasteiger partial charge in [-0.15, -0.1) is 0 Å². The normalized spacial score (nSPS) is 18.1. The Kier molecular flexibility index (Phi) is 6.12. The molecule has 0 radical (unpaired) electrons. The number of hydrogen-bond donors (Lipinski definition) is 3. The predicted molar refractivity (Wildman–Crippen MR) is 95.9 cm³/mol. The van der Waals surface area contributed by atoms with E-state index in [1.807, 2.05) is 0 Å². The van der Waals surface area contributed by atoms with Crippen molar-refractivity contribution < 1.29 is 32.6 Å². The van der Waals surface area contributed by atoms with Crippen LogP contribution in [0.2, 0.25) is 0 Å². The molecule has 0 aromatic heterocycles. The van der Waals surface area contributed by atoms with E-state index < -0.39 is 35.0 Å². The average molecular weight is 403 g/mol. The molecule has 1 saturated heterocycles. The Labute approximate surface area is 160 Å². The van der Waals surface area contributed by atoms with Crippen LogP contribution in [0.3, 0.4) is 0 Å². The number of alkyl halides is 3. The summed E-state index contributed by atoms with van der Waals surface area (Å²) in [6.45, 7) is 5.95. The van der Waals surface area contributed by atoms with Gasteiger partial charge in [0.2, 0.25) is 0 Å². The summed E-state index contributed by atoms with van der Waals surface area (Å²) in [5.74, 6) is -1.52. The first-order valence-electron chi connectivity index (χ1n) is 8.71. The lowest BCUT2D eigenvalue weighted by Gasteiger charge is -2.22. The summed E-state index contributed by atoms with van der Waals surface area (Å²) in [7, 11) is 0. The first-order chi connectivity index (χ1) is 12.8. The summed E-state index contributed by atoms with van der Waals surface area (Å²) in [5.41, 5.74) is 3.04. The van der Waals surface area contributed by atoms with Crippen LogP contribution < -0.4 is 11.1 Å². The van der Waals surface area contributed by atoms with Gasteiger partial charge in [0.15, 0.2) is 0 Å². The Morgan fingerprint density at radius 1 is 1.32 bits per heavy atom. The number of hydrogen-bond acceptors (Lipinski definition) is 5. The van der Waals surface area contributed by atoms with Gasteiger partial charge in [-0.25, -0.2) is 9.59 Å². The molecule has 0 unspecified atom stereocenters. The zero-order chi connectivity index (χ0) is 21.3. The zero-order valence-electron chi connectivity index (χ0n) is 15.9. The Balaban J connectivity index is 2.11. The van der Waals surface area contributed by atoms with Crippen LogP contribution in [-0.4, -0.2) is 46.8 Å². The van der Waals surface area contributed by atoms with Gasteiger partial charge < -0.3 is 20.9 Å². The molecule has 4 N–H and O–H groups in total. The number of carboxylic acids is 1. The molecule has 1 amide bonds. The Morgan fingerprint density at radius 3 is 2.50 bits per heavy atom. The van der Waals surface area contributed by atoms with Crippen molar-refractivity contribution in [2.75, 3.05) is 18.8 Å². The van der Waals surface area contributed by atoms with Crippen LogP contribution in [0.15, 0.2) is 12.1 Å². The van der Waals surface area contributed by atoms with E-state index in [2.05, 4.69) is 5.32 Å². The highest BCUT2D eigenvalue weighted by molar-refractivity contribution is 5.94. The first-order valence-corrected chi connectivity index (χ1v) is 8.71. The molecule has 0 aliphatic carbocycles. The minimum atomic E-state index is -4.71. The number of anilines is 1. The van der Waals surface area contributed by atoms with Gasteiger partial charge in [0.25, 0.3) is 0 Å². The molecular formula is C18H24F3N3O4. The van der Waals surface area contributed by atoms with Crippen molar-refractivity contribution in [3.8, 4) is 0 Å². The minimum absolute atomic E-state index is 0.0640. The monoisotopic (exact) mass is 403 g/mol. The number of alkyl carbamates (subject to hydrolysis) is 1. The molecule has 1 heterocycles. The molecule has 1 aromatic carbocycles. The van der Waals surface area contributed by atoms with Gasteiger partial charge in [-0.1, -0.05) is 0 Å². The number of ether oxygens (including phenoxy) is 1. The number of nitrogens with zero attached hydrogens (tertiary/aromatic N) is 1. The second-order valence-electron chi connectivity index (χ2n) is 7.77. The molecule has 10 heteroatoms. The molecule has 1 fully saturated rings. The molecule has 1 atom stereocenters. The number of nitrogens with one attached hydrogen (secondary N) is 1. The van der Waals surface area contributed by atoms with E-state index in [4.69, 9.17) is 15.6 Å². The van der Waals surface area contributed by atoms with Gasteiger partial charge in [-0.2, -0.15) is 13.2 Å². The Morgan fingerprint density at radius 2 is 1.96 bits per heavy atom. The smallest absolute Gasteiger partial charge is 0.416 e. The molecule has 1 aromatic rings. The van der Waals surface area contributed by atoms with Gasteiger partial charge in [0, 0.05) is 31.4 Å². The van der Waals surface area contributed by atoms with Crippen molar-refractivity contribution in [3.63, 3.8) is 0 Å². The molecule has 1 aliphatic rings. The third kappa shape index (κ3) is 5.75. The van der Waals surface area contributed by atoms with E-state index in [9.17, 15) is 22.8 Å². The van der Waals surface area contributed by atoms with Crippen molar-refractivity contribution in [1.29, 1.82) is 0 Å². The van der Waals surface area contributed by atoms with Crippen LogP contribution in [0.25, 0.3) is 0 Å². The van der Waals surface area contributed by atoms with Crippen LogP contribution in [0.4, 0.5) is 23.7 Å². The Bertz CT molecular complexity index is 760. The van der Waals surface area contributed by atoms with E-state index in [0.717, 1.165) is 6.07 Å². The fourth-order valence-corrected chi connectivity index (χ4v) is 3.05. The SMILES string of the molecule is CC(C)(C)OC(=O)N[C@@H]1CCN(Cc2cc(N)c(C(=O)O)cc2C(F)(F)F)C1. The molecule has 0 bridgehead atoms. The summed E-state index contributed by atoms with van der Waals surface area (Å²) in [6, 6.07) is 1.38. The Hall–Kier alpha value is -2.49. The van der Waals surface area contributed by atoms with Crippen molar-refractivity contribution in [1.82, 2.24) is 10.2 Å². The minimum Gasteiger partial charge on any atom is -0.478 e. The van der Waals surface area contributed by atoms with E-state index >= 15 is 0 Å². The quantitative estimate of drug-likeness (QED) is 0.668. The fourth-order valence-electron chi connectivity index (χ4n) is 3.05. The number of carbonyl (C=O) groups is 2. The number of carboxylic acid groups (broad SMARTS) is 1. The number of rotatable bonds is 4. The molecule has 2 rings (SSSR count). The van der Waals surface area contributed by atoms with E-state index in [1.165, 1.54) is 0 Å². The molecule has 0 spiro atoms. The largest absolute Gasteiger partial charge is 0.478 e. The fraction of sp³-hybridized carbons (Fsp3) is 0.556. The average Bonchev–Trinajstić information content (AvgIpc) is 2.90. The van der Waals surface area contributed by atoms with Crippen LogP contribution in [0.5, 0.6) is 0 Å². The highest BCUT2D eigenvalue weighted by atomic mass is 19.4. The predicted octanol–water partition coefficient (Wildman–Crippen LogP) is 3.08. The number of aromatic carboxylic acids is 1. The highest BCUT2D eigenvalue weighted by Gasteiger charge is 2.36. The van der Waals surface area contributed by atoms with Gasteiger partial charge >= 0.3 is 18.2 Å². The summed E-state index contributed by atoms with van der Waals surface area (Å²) in [4.78, 5) is 24.7. The first kappa shape index (κ1) is 21.8. The van der Waals surface area contributed by atoms with Crippen molar-refractivity contribution in [2.24, 2.45) is 0 Å². The van der Waals surface area contributed by atoms with Crippen molar-refractivity contribution in [2.45, 2.75) is 51.6 Å². The van der Waals surface area contributed by atoms with Gasteiger partial charge in [0.1, 0.15) is 5.60 Å². The molecular weight excluding hydrogens is 379 g/mol. The number of nitrogens with two attached hydrogens (primary N) is 1. The van der Waals surface area contributed by atoms with Gasteiger partial charge in [-0.3, -0.25) is 4.90 Å². The maximum Gasteiger partial charge on any atom is 0.416 e. The lowest BCUT2D eigenvalue weighted by Crippen LogP contribution is -2.40. The zero-order valence-corrected chi connectivity index (χ0v) is 15.9. The van der Waals surface area contributed by atoms with E-state index in [0.29, 0.717) is 25.6 Å². The van der Waals surface area contributed by atoms with Gasteiger partial charge in [0.05, 0.1) is 11.1 Å². The van der Waals surface area contributed by atoms with Crippen LogP contribution in [0, 0.1) is 0 Å². The number of amides is 1. The molecule has 1 aliphatic heterocycles. The maximum atomic E-state index is 13.4. The number of benzene rings is 1. The molecule has 28 heavy (non-hydrogen) atoms. The van der Waals surface area contributed by atoms with Gasteiger partial charge in [-0.05, 0) is 44.9 Å². The summed E-state index contributed by atoms with van der Waals surface area (Å²) >= 11 is 0. The summed E-state index contributed by atoms with van der Waals surface area (Å²) in [6.07, 6.45) is -4.73. The van der Waals surface area contributed by atoms with Crippen LogP contribution in [-0.2, 0) is 17.5 Å². The second-order valence-corrected chi connectivity index (χ2v) is 7.77. The summed E-state index contributed by atoms with van der Waals surface area (Å²) in [5, 5.41) is 11.7. The molecule has 7 nitrogen and oxygen atoms in total. The van der Waals surface area contributed by atoms with E-state index in [-0.39, 0.29) is 23.8 Å². The molecule has 156 valence electrons. The van der Waals surface area contributed by atoms with E-state index in [1.54, 1.807) is 25.7 Å². The maximum absolute atomic E-state index is 13.4. The lowest BCUT2D eigenvalue weighted by atomic mass is 10.0. The highest BCUT2D eigenvalue weighted by Crippen LogP contribution is 2.35. The molecule has 0 saturated carbocycles. The van der Waals surface area contributed by atoms with Crippen LogP contribution in [0.1, 0.15) is 48.7 Å². The number of likely N-dealkylation sites (tertiary alicyclic amines) is 1. The van der Waals surface area contributed by atoms with Crippen molar-refractivity contribution >= 4 is 17.7 Å². The topological polar surface area (TPSA) is 105 Å². The third-order valence-electron chi connectivity index (χ3n) is 4.20. The number of nitrogen functional groups attached to an aromatic ring is 1. The van der Waals surface area contributed by atoms with Crippen LogP contribution >= 0.6 is 0 Å². The van der Waals surface area contributed by atoms with Crippen molar-refractivity contribution in [3.05, 3.63) is 28.8 Å². The lowest BCUT2D eigenvalue weighted by molar-refractivity contribution is -0.138. The summed E-state index contributed by atoms with van der Waals surface area (Å²) < 4.78 is 45.3.